The molecule has 1 aliphatic rings. The van der Waals surface area contributed by atoms with Crippen LogP contribution >= 0.6 is 0 Å². The summed E-state index contributed by atoms with van der Waals surface area (Å²) in [6.07, 6.45) is 2.24. The SMILES string of the molecule is Cc1cc([C@H]2CCCN2Cc2ccccc2O)on1. The first-order chi connectivity index (χ1) is 9.24. The van der Waals surface area contributed by atoms with Crippen LogP contribution in [0.5, 0.6) is 5.75 Å². The minimum atomic E-state index is 0.279. The standard InChI is InChI=1S/C15H18N2O2/c1-11-9-15(19-16-11)13-6-4-8-17(13)10-12-5-2-3-7-14(12)18/h2-3,5,7,9,13,18H,4,6,8,10H2,1H3/t13-/m1/s1. The van der Waals surface area contributed by atoms with Crippen LogP contribution < -0.4 is 0 Å². The van der Waals surface area contributed by atoms with Crippen molar-refractivity contribution in [2.45, 2.75) is 32.4 Å². The van der Waals surface area contributed by atoms with Gasteiger partial charge in [-0.25, -0.2) is 0 Å². The molecule has 19 heavy (non-hydrogen) atoms. The summed E-state index contributed by atoms with van der Waals surface area (Å²) in [5.41, 5.74) is 1.88. The van der Waals surface area contributed by atoms with Gasteiger partial charge in [0.25, 0.3) is 0 Å². The number of phenols is 1. The Labute approximate surface area is 112 Å². The van der Waals surface area contributed by atoms with Crippen LogP contribution in [0.1, 0.15) is 35.9 Å². The van der Waals surface area contributed by atoms with Crippen LogP contribution in [0.15, 0.2) is 34.9 Å². The van der Waals surface area contributed by atoms with E-state index in [0.717, 1.165) is 42.9 Å². The van der Waals surface area contributed by atoms with E-state index in [1.54, 1.807) is 6.07 Å². The Morgan fingerprint density at radius 3 is 3.00 bits per heavy atom. The third kappa shape index (κ3) is 2.49. The topological polar surface area (TPSA) is 49.5 Å². The van der Waals surface area contributed by atoms with Crippen LogP contribution in [0.4, 0.5) is 0 Å². The van der Waals surface area contributed by atoms with Crippen molar-refractivity contribution in [3.63, 3.8) is 0 Å². The van der Waals surface area contributed by atoms with E-state index in [-0.39, 0.29) is 6.04 Å². The third-order valence-corrected chi connectivity index (χ3v) is 3.70. The molecule has 0 spiro atoms. The molecular weight excluding hydrogens is 240 g/mol. The number of benzene rings is 1. The molecule has 1 saturated heterocycles. The Morgan fingerprint density at radius 2 is 2.26 bits per heavy atom. The number of aryl methyl sites for hydroxylation is 1. The molecule has 2 aromatic rings. The van der Waals surface area contributed by atoms with E-state index in [1.807, 2.05) is 31.2 Å². The van der Waals surface area contributed by atoms with Gasteiger partial charge in [-0.1, -0.05) is 23.4 Å². The van der Waals surface area contributed by atoms with Gasteiger partial charge in [0.05, 0.1) is 11.7 Å². The van der Waals surface area contributed by atoms with E-state index in [9.17, 15) is 5.11 Å². The van der Waals surface area contributed by atoms with Crippen LogP contribution in [0, 0.1) is 6.92 Å². The summed E-state index contributed by atoms with van der Waals surface area (Å²) in [7, 11) is 0. The highest BCUT2D eigenvalue weighted by Gasteiger charge is 2.29. The number of phenolic OH excluding ortho intramolecular Hbond substituents is 1. The minimum absolute atomic E-state index is 0.279. The molecular formula is C15H18N2O2. The Balaban J connectivity index is 1.79. The van der Waals surface area contributed by atoms with Crippen LogP contribution in [0.3, 0.4) is 0 Å². The van der Waals surface area contributed by atoms with Crippen molar-refractivity contribution in [1.29, 1.82) is 0 Å². The predicted molar refractivity (Wildman–Crippen MR) is 71.7 cm³/mol. The van der Waals surface area contributed by atoms with Gasteiger partial charge in [-0.15, -0.1) is 0 Å². The van der Waals surface area contributed by atoms with E-state index < -0.39 is 0 Å². The van der Waals surface area contributed by atoms with Crippen molar-refractivity contribution < 1.29 is 9.63 Å². The Bertz CT molecular complexity index is 565. The first-order valence-corrected chi connectivity index (χ1v) is 6.68. The second-order valence-corrected chi connectivity index (χ2v) is 5.13. The molecule has 0 aliphatic carbocycles. The average molecular weight is 258 g/mol. The van der Waals surface area contributed by atoms with Gasteiger partial charge in [0.2, 0.25) is 0 Å². The van der Waals surface area contributed by atoms with E-state index in [4.69, 9.17) is 4.52 Å². The quantitative estimate of drug-likeness (QED) is 0.919. The molecule has 100 valence electrons. The van der Waals surface area contributed by atoms with Gasteiger partial charge >= 0.3 is 0 Å². The fraction of sp³-hybridized carbons (Fsp3) is 0.400. The maximum absolute atomic E-state index is 9.87. The van der Waals surface area contributed by atoms with Crippen molar-refractivity contribution in [3.05, 3.63) is 47.3 Å². The van der Waals surface area contributed by atoms with Crippen molar-refractivity contribution in [2.75, 3.05) is 6.54 Å². The first kappa shape index (κ1) is 12.2. The number of hydrogen-bond acceptors (Lipinski definition) is 4. The number of aromatic hydroxyl groups is 1. The smallest absolute Gasteiger partial charge is 0.154 e. The molecule has 0 amide bonds. The molecule has 1 aliphatic heterocycles. The average Bonchev–Trinajstić information content (AvgIpc) is 3.01. The largest absolute Gasteiger partial charge is 0.508 e. The van der Waals surface area contributed by atoms with Crippen LogP contribution in [-0.4, -0.2) is 21.7 Å². The Morgan fingerprint density at radius 1 is 1.42 bits per heavy atom. The molecule has 0 unspecified atom stereocenters. The zero-order chi connectivity index (χ0) is 13.2. The fourth-order valence-electron chi connectivity index (χ4n) is 2.74. The highest BCUT2D eigenvalue weighted by molar-refractivity contribution is 5.31. The summed E-state index contributed by atoms with van der Waals surface area (Å²) in [6, 6.07) is 9.79. The Kier molecular flexibility index (Phi) is 3.25. The molecule has 1 fully saturated rings. The highest BCUT2D eigenvalue weighted by Crippen LogP contribution is 2.34. The van der Waals surface area contributed by atoms with Gasteiger partial charge in [0.1, 0.15) is 5.75 Å². The maximum atomic E-state index is 9.87. The lowest BCUT2D eigenvalue weighted by atomic mass is 10.1. The second-order valence-electron chi connectivity index (χ2n) is 5.13. The van der Waals surface area contributed by atoms with E-state index in [0.29, 0.717) is 5.75 Å². The number of likely N-dealkylation sites (tertiary alicyclic amines) is 1. The van der Waals surface area contributed by atoms with E-state index in [1.165, 1.54) is 0 Å². The number of rotatable bonds is 3. The molecule has 0 bridgehead atoms. The summed E-state index contributed by atoms with van der Waals surface area (Å²) in [4.78, 5) is 2.34. The van der Waals surface area contributed by atoms with Crippen LogP contribution in [0.25, 0.3) is 0 Å². The second kappa shape index (κ2) is 5.05. The zero-order valence-electron chi connectivity index (χ0n) is 11.0. The normalized spacial score (nSPS) is 19.9. The molecule has 1 aromatic heterocycles. The summed E-state index contributed by atoms with van der Waals surface area (Å²) in [5.74, 6) is 1.30. The molecule has 3 rings (SSSR count). The monoisotopic (exact) mass is 258 g/mol. The van der Waals surface area contributed by atoms with Gasteiger partial charge in [0.15, 0.2) is 5.76 Å². The number of hydrogen-bond donors (Lipinski definition) is 1. The predicted octanol–water partition coefficient (Wildman–Crippen LogP) is 3.03. The summed E-state index contributed by atoms with van der Waals surface area (Å²) in [6.45, 7) is 3.71. The molecule has 1 aromatic carbocycles. The lowest BCUT2D eigenvalue weighted by Crippen LogP contribution is -2.22. The molecule has 1 N–H and O–H groups in total. The van der Waals surface area contributed by atoms with E-state index >= 15 is 0 Å². The minimum Gasteiger partial charge on any atom is -0.508 e. The van der Waals surface area contributed by atoms with Gasteiger partial charge < -0.3 is 9.63 Å². The third-order valence-electron chi connectivity index (χ3n) is 3.70. The molecule has 0 saturated carbocycles. The molecule has 2 heterocycles. The summed E-state index contributed by atoms with van der Waals surface area (Å²) in [5, 5.41) is 13.8. The molecule has 1 atom stereocenters. The fourth-order valence-corrected chi connectivity index (χ4v) is 2.74. The van der Waals surface area contributed by atoms with Crippen molar-refractivity contribution in [3.8, 4) is 5.75 Å². The van der Waals surface area contributed by atoms with E-state index in [2.05, 4.69) is 10.1 Å². The Hall–Kier alpha value is -1.81. The molecule has 4 nitrogen and oxygen atoms in total. The maximum Gasteiger partial charge on any atom is 0.154 e. The lowest BCUT2D eigenvalue weighted by Gasteiger charge is -2.22. The van der Waals surface area contributed by atoms with Crippen molar-refractivity contribution in [2.24, 2.45) is 0 Å². The van der Waals surface area contributed by atoms with Crippen molar-refractivity contribution >= 4 is 0 Å². The molecule has 4 heteroatoms. The number of aromatic nitrogens is 1. The van der Waals surface area contributed by atoms with Crippen LogP contribution in [-0.2, 0) is 6.54 Å². The van der Waals surface area contributed by atoms with Crippen LogP contribution in [0.2, 0.25) is 0 Å². The van der Waals surface area contributed by atoms with Gasteiger partial charge in [0, 0.05) is 18.2 Å². The highest BCUT2D eigenvalue weighted by atomic mass is 16.5. The van der Waals surface area contributed by atoms with Gasteiger partial charge in [-0.05, 0) is 32.4 Å². The number of para-hydroxylation sites is 1. The summed E-state index contributed by atoms with van der Waals surface area (Å²) < 4.78 is 5.39. The number of nitrogens with zero attached hydrogens (tertiary/aromatic N) is 2. The molecule has 0 radical (unpaired) electrons. The zero-order valence-corrected chi connectivity index (χ0v) is 11.0. The summed E-state index contributed by atoms with van der Waals surface area (Å²) >= 11 is 0. The van der Waals surface area contributed by atoms with Crippen molar-refractivity contribution in [1.82, 2.24) is 10.1 Å². The van der Waals surface area contributed by atoms with Gasteiger partial charge in [-0.2, -0.15) is 0 Å². The van der Waals surface area contributed by atoms with Gasteiger partial charge in [-0.3, -0.25) is 4.90 Å². The lowest BCUT2D eigenvalue weighted by molar-refractivity contribution is 0.204. The first-order valence-electron chi connectivity index (χ1n) is 6.68.